The second kappa shape index (κ2) is 8.81. The molecule has 1 fully saturated rings. The highest BCUT2D eigenvalue weighted by Crippen LogP contribution is 2.26. The Morgan fingerprint density at radius 2 is 1.65 bits per heavy atom. The first-order valence-corrected chi connectivity index (χ1v) is 10.4. The van der Waals surface area contributed by atoms with Gasteiger partial charge in [-0.05, 0) is 42.5 Å². The van der Waals surface area contributed by atoms with Gasteiger partial charge in [0.05, 0.1) is 18.5 Å². The van der Waals surface area contributed by atoms with E-state index in [0.29, 0.717) is 48.3 Å². The van der Waals surface area contributed by atoms with Crippen LogP contribution in [0.25, 0.3) is 16.9 Å². The Morgan fingerprint density at radius 1 is 0.968 bits per heavy atom. The van der Waals surface area contributed by atoms with Gasteiger partial charge in [-0.3, -0.25) is 9.59 Å². The number of carbonyl (C=O) groups excluding carboxylic acids is 2. The van der Waals surface area contributed by atoms with E-state index in [0.717, 1.165) is 11.3 Å². The van der Waals surface area contributed by atoms with Crippen molar-refractivity contribution in [3.05, 3.63) is 65.3 Å². The summed E-state index contributed by atoms with van der Waals surface area (Å²) >= 11 is 6.05. The van der Waals surface area contributed by atoms with Crippen LogP contribution >= 0.6 is 11.6 Å². The van der Waals surface area contributed by atoms with E-state index in [1.54, 1.807) is 46.7 Å². The minimum absolute atomic E-state index is 0.0265. The standard InChI is InChI=1S/C23H23ClN4O3/c1-16(29)26-10-12-27(13-11-26)23(30)22-15-21(17-4-3-5-20(14-17)31-2)25-28(22)19-8-6-18(24)7-9-19/h3-9,14-15H,10-13H2,1-2H3. The number of carbonyl (C=O) groups is 2. The number of hydrogen-bond donors (Lipinski definition) is 0. The van der Waals surface area contributed by atoms with Crippen molar-refractivity contribution < 1.29 is 14.3 Å². The zero-order valence-electron chi connectivity index (χ0n) is 17.4. The number of ether oxygens (including phenoxy) is 1. The van der Waals surface area contributed by atoms with Gasteiger partial charge in [0, 0.05) is 43.7 Å². The molecule has 7 nitrogen and oxygen atoms in total. The van der Waals surface area contributed by atoms with Crippen LogP contribution in [0, 0.1) is 0 Å². The fourth-order valence-electron chi connectivity index (χ4n) is 3.62. The third-order valence-electron chi connectivity index (χ3n) is 5.38. The van der Waals surface area contributed by atoms with Gasteiger partial charge in [0.2, 0.25) is 5.91 Å². The summed E-state index contributed by atoms with van der Waals surface area (Å²) in [6.07, 6.45) is 0. The molecule has 0 saturated carbocycles. The lowest BCUT2D eigenvalue weighted by molar-refractivity contribution is -0.130. The van der Waals surface area contributed by atoms with Gasteiger partial charge in [0.1, 0.15) is 11.4 Å². The number of benzene rings is 2. The summed E-state index contributed by atoms with van der Waals surface area (Å²) in [5.41, 5.74) is 2.71. The molecule has 0 aliphatic carbocycles. The van der Waals surface area contributed by atoms with Crippen molar-refractivity contribution in [2.75, 3.05) is 33.3 Å². The molecule has 0 atom stereocenters. The molecule has 0 bridgehead atoms. The van der Waals surface area contributed by atoms with Crippen molar-refractivity contribution in [1.29, 1.82) is 0 Å². The molecule has 0 radical (unpaired) electrons. The van der Waals surface area contributed by atoms with E-state index < -0.39 is 0 Å². The average Bonchev–Trinajstić information content (AvgIpc) is 3.24. The number of aromatic nitrogens is 2. The third-order valence-corrected chi connectivity index (χ3v) is 5.63. The van der Waals surface area contributed by atoms with Crippen molar-refractivity contribution in [3.8, 4) is 22.7 Å². The maximum absolute atomic E-state index is 13.4. The molecule has 2 heterocycles. The first-order valence-electron chi connectivity index (χ1n) is 10.0. The maximum Gasteiger partial charge on any atom is 0.272 e. The second-order valence-corrected chi connectivity index (χ2v) is 7.77. The van der Waals surface area contributed by atoms with Crippen LogP contribution in [0.4, 0.5) is 0 Å². The summed E-state index contributed by atoms with van der Waals surface area (Å²) in [5.74, 6) is 0.616. The SMILES string of the molecule is COc1cccc(-c2cc(C(=O)N3CCN(C(C)=O)CC3)n(-c3ccc(Cl)cc3)n2)c1. The summed E-state index contributed by atoms with van der Waals surface area (Å²) in [6, 6.07) is 16.5. The summed E-state index contributed by atoms with van der Waals surface area (Å²) in [7, 11) is 1.61. The zero-order chi connectivity index (χ0) is 22.0. The van der Waals surface area contributed by atoms with Crippen LogP contribution in [0.15, 0.2) is 54.6 Å². The van der Waals surface area contributed by atoms with Crippen LogP contribution in [-0.2, 0) is 4.79 Å². The minimum atomic E-state index is -0.125. The van der Waals surface area contributed by atoms with Gasteiger partial charge in [-0.1, -0.05) is 23.7 Å². The van der Waals surface area contributed by atoms with Crippen LogP contribution in [0.3, 0.4) is 0 Å². The molecule has 2 aromatic carbocycles. The minimum Gasteiger partial charge on any atom is -0.497 e. The Balaban J connectivity index is 1.71. The molecule has 1 aliphatic heterocycles. The molecule has 31 heavy (non-hydrogen) atoms. The normalized spacial score (nSPS) is 13.9. The predicted molar refractivity (Wildman–Crippen MR) is 119 cm³/mol. The largest absolute Gasteiger partial charge is 0.497 e. The zero-order valence-corrected chi connectivity index (χ0v) is 18.2. The summed E-state index contributed by atoms with van der Waals surface area (Å²) < 4.78 is 6.97. The summed E-state index contributed by atoms with van der Waals surface area (Å²) in [5, 5.41) is 5.33. The van der Waals surface area contributed by atoms with Crippen LogP contribution in [0.1, 0.15) is 17.4 Å². The Hall–Kier alpha value is -3.32. The van der Waals surface area contributed by atoms with E-state index in [2.05, 4.69) is 0 Å². The van der Waals surface area contributed by atoms with E-state index >= 15 is 0 Å². The molecule has 1 saturated heterocycles. The molecule has 3 aromatic rings. The van der Waals surface area contributed by atoms with Gasteiger partial charge in [-0.2, -0.15) is 5.10 Å². The van der Waals surface area contributed by atoms with Crippen LogP contribution in [-0.4, -0.2) is 64.7 Å². The van der Waals surface area contributed by atoms with E-state index in [1.807, 2.05) is 36.4 Å². The van der Waals surface area contributed by atoms with Crippen molar-refractivity contribution >= 4 is 23.4 Å². The fourth-order valence-corrected chi connectivity index (χ4v) is 3.75. The highest BCUT2D eigenvalue weighted by Gasteiger charge is 2.27. The van der Waals surface area contributed by atoms with Gasteiger partial charge < -0.3 is 14.5 Å². The lowest BCUT2D eigenvalue weighted by Crippen LogP contribution is -2.50. The number of halogens is 1. The fraction of sp³-hybridized carbons (Fsp3) is 0.261. The molecule has 0 N–H and O–H groups in total. The van der Waals surface area contributed by atoms with Crippen LogP contribution in [0.5, 0.6) is 5.75 Å². The molecular weight excluding hydrogens is 416 g/mol. The molecule has 4 rings (SSSR count). The lowest BCUT2D eigenvalue weighted by atomic mass is 10.1. The van der Waals surface area contributed by atoms with Gasteiger partial charge in [0.15, 0.2) is 0 Å². The lowest BCUT2D eigenvalue weighted by Gasteiger charge is -2.34. The average molecular weight is 439 g/mol. The number of methoxy groups -OCH3 is 1. The quantitative estimate of drug-likeness (QED) is 0.625. The Labute approximate surface area is 185 Å². The smallest absolute Gasteiger partial charge is 0.272 e. The molecule has 1 aromatic heterocycles. The molecule has 8 heteroatoms. The monoisotopic (exact) mass is 438 g/mol. The molecule has 1 aliphatic rings. The maximum atomic E-state index is 13.4. The number of nitrogens with zero attached hydrogens (tertiary/aromatic N) is 4. The third kappa shape index (κ3) is 4.41. The highest BCUT2D eigenvalue weighted by atomic mass is 35.5. The summed E-state index contributed by atoms with van der Waals surface area (Å²) in [6.45, 7) is 3.57. The van der Waals surface area contributed by atoms with Crippen molar-refractivity contribution in [2.45, 2.75) is 6.92 Å². The van der Waals surface area contributed by atoms with E-state index in [-0.39, 0.29) is 11.8 Å². The van der Waals surface area contributed by atoms with Gasteiger partial charge in [-0.25, -0.2) is 4.68 Å². The van der Waals surface area contributed by atoms with Crippen LogP contribution in [0.2, 0.25) is 5.02 Å². The van der Waals surface area contributed by atoms with E-state index in [9.17, 15) is 9.59 Å². The van der Waals surface area contributed by atoms with Gasteiger partial charge in [-0.15, -0.1) is 0 Å². The highest BCUT2D eigenvalue weighted by molar-refractivity contribution is 6.30. The molecule has 160 valence electrons. The predicted octanol–water partition coefficient (Wildman–Crippen LogP) is 3.51. The summed E-state index contributed by atoms with van der Waals surface area (Å²) in [4.78, 5) is 28.5. The van der Waals surface area contributed by atoms with Gasteiger partial charge in [0.25, 0.3) is 5.91 Å². The second-order valence-electron chi connectivity index (χ2n) is 7.33. The Morgan fingerprint density at radius 3 is 2.29 bits per heavy atom. The number of piperazine rings is 1. The van der Waals surface area contributed by atoms with Crippen molar-refractivity contribution in [3.63, 3.8) is 0 Å². The molecule has 2 amide bonds. The topological polar surface area (TPSA) is 67.7 Å². The van der Waals surface area contributed by atoms with Crippen LogP contribution < -0.4 is 4.74 Å². The molecular formula is C23H23ClN4O3. The molecule has 0 spiro atoms. The Kier molecular flexibility index (Phi) is 5.95. The number of amides is 2. The first kappa shape index (κ1) is 20.9. The Bertz CT molecular complexity index is 1100. The van der Waals surface area contributed by atoms with Crippen molar-refractivity contribution in [2.24, 2.45) is 0 Å². The van der Waals surface area contributed by atoms with E-state index in [4.69, 9.17) is 21.4 Å². The van der Waals surface area contributed by atoms with E-state index in [1.165, 1.54) is 0 Å². The van der Waals surface area contributed by atoms with Gasteiger partial charge >= 0.3 is 0 Å². The number of rotatable bonds is 4. The molecule has 0 unspecified atom stereocenters. The first-order chi connectivity index (χ1) is 15.0. The number of hydrogen-bond acceptors (Lipinski definition) is 4. The van der Waals surface area contributed by atoms with Crippen molar-refractivity contribution in [1.82, 2.24) is 19.6 Å².